The van der Waals surface area contributed by atoms with Gasteiger partial charge in [-0.05, 0) is 36.6 Å². The molecule has 0 aromatic heterocycles. The van der Waals surface area contributed by atoms with Crippen LogP contribution in [0.3, 0.4) is 0 Å². The second-order valence-electron chi connectivity index (χ2n) is 5.53. The third-order valence-electron chi connectivity index (χ3n) is 4.08. The number of hydrogen-bond acceptors (Lipinski definition) is 5. The van der Waals surface area contributed by atoms with Crippen LogP contribution in [-0.4, -0.2) is 23.0 Å². The molecule has 114 valence electrons. The summed E-state index contributed by atoms with van der Waals surface area (Å²) >= 11 is 0. The number of amides is 2. The molecule has 0 aliphatic carbocycles. The molecule has 1 atom stereocenters. The molecule has 2 amide bonds. The third kappa shape index (κ3) is 2.28. The minimum absolute atomic E-state index is 0.241. The maximum atomic E-state index is 12.2. The summed E-state index contributed by atoms with van der Waals surface area (Å²) in [4.78, 5) is 24.4. The number of carbonyl (C=O) groups is 2. The first-order chi connectivity index (χ1) is 11.2. The van der Waals surface area contributed by atoms with E-state index < -0.39 is 11.8 Å². The quantitative estimate of drug-likeness (QED) is 0.684. The molecule has 0 fully saturated rings. The number of fused-ring (bicyclic) bond motifs is 2. The van der Waals surface area contributed by atoms with E-state index in [0.717, 1.165) is 23.5 Å². The number of rotatable bonds is 2. The van der Waals surface area contributed by atoms with E-state index in [1.54, 1.807) is 24.3 Å². The number of hydrogen-bond donors (Lipinski definition) is 1. The van der Waals surface area contributed by atoms with E-state index in [4.69, 9.17) is 0 Å². The van der Waals surface area contributed by atoms with E-state index >= 15 is 0 Å². The van der Waals surface area contributed by atoms with Gasteiger partial charge in [0.25, 0.3) is 11.8 Å². The van der Waals surface area contributed by atoms with Crippen molar-refractivity contribution in [1.29, 1.82) is 0 Å². The molecule has 2 aliphatic rings. The Bertz CT molecular complexity index is 796. The van der Waals surface area contributed by atoms with Gasteiger partial charge in [0.2, 0.25) is 0 Å². The molecule has 2 aromatic carbocycles. The molecule has 23 heavy (non-hydrogen) atoms. The molecule has 4 rings (SSSR count). The number of aryl methyl sites for hydroxylation is 1. The van der Waals surface area contributed by atoms with Crippen LogP contribution < -0.4 is 5.32 Å². The summed E-state index contributed by atoms with van der Waals surface area (Å²) in [6.45, 7) is 0. The number of para-hydroxylation sites is 1. The average Bonchev–Trinajstić information content (AvgIpc) is 2.84. The Balaban J connectivity index is 1.53. The van der Waals surface area contributed by atoms with Crippen LogP contribution in [0.4, 0.5) is 5.69 Å². The number of anilines is 1. The van der Waals surface area contributed by atoms with Crippen molar-refractivity contribution >= 4 is 17.5 Å². The Morgan fingerprint density at radius 2 is 1.61 bits per heavy atom. The summed E-state index contributed by atoms with van der Waals surface area (Å²) in [5.41, 5.74) is 3.00. The fraction of sp³-hybridized carbons (Fsp3) is 0.176. The zero-order valence-electron chi connectivity index (χ0n) is 12.3. The minimum Gasteiger partial charge on any atom is -0.362 e. The van der Waals surface area contributed by atoms with Gasteiger partial charge >= 0.3 is 0 Å². The predicted octanol–water partition coefficient (Wildman–Crippen LogP) is 3.03. The summed E-state index contributed by atoms with van der Waals surface area (Å²) in [6, 6.07) is 14.7. The summed E-state index contributed by atoms with van der Waals surface area (Å²) in [7, 11) is 0. The van der Waals surface area contributed by atoms with Crippen molar-refractivity contribution in [2.75, 3.05) is 5.32 Å². The highest BCUT2D eigenvalue weighted by Gasteiger charge is 2.36. The fourth-order valence-electron chi connectivity index (χ4n) is 2.88. The van der Waals surface area contributed by atoms with Gasteiger partial charge in [-0.15, -0.1) is 10.1 Å². The van der Waals surface area contributed by atoms with E-state index in [2.05, 4.69) is 21.7 Å². The van der Waals surface area contributed by atoms with Crippen molar-refractivity contribution in [3.8, 4) is 0 Å². The molecule has 1 N–H and O–H groups in total. The van der Waals surface area contributed by atoms with E-state index in [-0.39, 0.29) is 6.17 Å². The van der Waals surface area contributed by atoms with Gasteiger partial charge in [-0.25, -0.2) is 0 Å². The van der Waals surface area contributed by atoms with Crippen LogP contribution in [0.15, 0.2) is 58.9 Å². The molecular weight excluding hydrogens is 292 g/mol. The first-order valence-corrected chi connectivity index (χ1v) is 7.47. The van der Waals surface area contributed by atoms with E-state index in [9.17, 15) is 9.59 Å². The highest BCUT2D eigenvalue weighted by molar-refractivity contribution is 6.20. The van der Waals surface area contributed by atoms with E-state index in [1.165, 1.54) is 5.56 Å². The average molecular weight is 306 g/mol. The Labute approximate surface area is 132 Å². The van der Waals surface area contributed by atoms with Crippen LogP contribution in [0.1, 0.15) is 32.7 Å². The number of nitrogens with zero attached hydrogens (tertiary/aromatic N) is 3. The lowest BCUT2D eigenvalue weighted by atomic mass is 10.0. The maximum Gasteiger partial charge on any atom is 0.283 e. The van der Waals surface area contributed by atoms with Gasteiger partial charge in [0.15, 0.2) is 0 Å². The van der Waals surface area contributed by atoms with Crippen LogP contribution in [0.2, 0.25) is 0 Å². The van der Waals surface area contributed by atoms with Gasteiger partial charge in [-0.3, -0.25) is 9.59 Å². The molecular formula is C17H14N4O2. The van der Waals surface area contributed by atoms with Crippen LogP contribution in [-0.2, 0) is 6.42 Å². The van der Waals surface area contributed by atoms with Crippen molar-refractivity contribution in [2.45, 2.75) is 19.0 Å². The monoisotopic (exact) mass is 306 g/mol. The van der Waals surface area contributed by atoms with Gasteiger partial charge in [-0.1, -0.05) is 35.6 Å². The van der Waals surface area contributed by atoms with Gasteiger partial charge in [-0.2, -0.15) is 0 Å². The largest absolute Gasteiger partial charge is 0.362 e. The minimum atomic E-state index is -0.425. The molecule has 0 saturated carbocycles. The second kappa shape index (κ2) is 5.31. The first-order valence-electron chi connectivity index (χ1n) is 7.47. The summed E-state index contributed by atoms with van der Waals surface area (Å²) in [5.74, 6) is -0.851. The molecule has 2 aliphatic heterocycles. The van der Waals surface area contributed by atoms with Crippen LogP contribution in [0, 0.1) is 0 Å². The fourth-order valence-corrected chi connectivity index (χ4v) is 2.88. The standard InChI is InChI=1S/C17H14N4O2/c22-16-12-6-2-3-7-13(12)17(23)21(16)20-19-15-10-9-11-5-1-4-8-14(11)18-15/h1-8,15,18H,9-10H2. The third-order valence-corrected chi connectivity index (χ3v) is 4.08. The number of benzene rings is 2. The Hall–Kier alpha value is -3.02. The molecule has 6 heteroatoms. The van der Waals surface area contributed by atoms with Gasteiger partial charge < -0.3 is 5.32 Å². The molecule has 1 unspecified atom stereocenters. The summed E-state index contributed by atoms with van der Waals surface area (Å²) < 4.78 is 0. The Morgan fingerprint density at radius 3 is 2.35 bits per heavy atom. The molecule has 2 heterocycles. The molecule has 0 saturated heterocycles. The lowest BCUT2D eigenvalue weighted by Gasteiger charge is -2.23. The lowest BCUT2D eigenvalue weighted by Crippen LogP contribution is -2.27. The number of nitrogens with one attached hydrogen (secondary N) is 1. The zero-order valence-corrected chi connectivity index (χ0v) is 12.3. The molecule has 0 bridgehead atoms. The normalized spacial score (nSPS) is 19.7. The lowest BCUT2D eigenvalue weighted by molar-refractivity contribution is 0.0642. The SMILES string of the molecule is O=C1c2ccccc2C(=O)N1N=NC1CCc2ccccc2N1. The molecule has 6 nitrogen and oxygen atoms in total. The number of imide groups is 1. The van der Waals surface area contributed by atoms with Crippen LogP contribution in [0.5, 0.6) is 0 Å². The van der Waals surface area contributed by atoms with Crippen LogP contribution in [0.25, 0.3) is 0 Å². The maximum absolute atomic E-state index is 12.2. The number of carbonyl (C=O) groups excluding carboxylic acids is 2. The summed E-state index contributed by atoms with van der Waals surface area (Å²) in [6.07, 6.45) is 1.41. The van der Waals surface area contributed by atoms with E-state index in [0.29, 0.717) is 11.1 Å². The van der Waals surface area contributed by atoms with E-state index in [1.807, 2.05) is 18.2 Å². The smallest absolute Gasteiger partial charge is 0.283 e. The van der Waals surface area contributed by atoms with Gasteiger partial charge in [0, 0.05) is 5.69 Å². The van der Waals surface area contributed by atoms with Crippen molar-refractivity contribution in [1.82, 2.24) is 5.01 Å². The van der Waals surface area contributed by atoms with Crippen LogP contribution >= 0.6 is 0 Å². The molecule has 0 radical (unpaired) electrons. The van der Waals surface area contributed by atoms with Crippen molar-refractivity contribution in [3.63, 3.8) is 0 Å². The molecule has 2 aromatic rings. The Kier molecular flexibility index (Phi) is 3.15. The predicted molar refractivity (Wildman–Crippen MR) is 84.0 cm³/mol. The summed E-state index contributed by atoms with van der Waals surface area (Å²) in [5, 5.41) is 12.1. The van der Waals surface area contributed by atoms with Gasteiger partial charge in [0.1, 0.15) is 6.17 Å². The van der Waals surface area contributed by atoms with Crippen molar-refractivity contribution in [3.05, 3.63) is 65.2 Å². The van der Waals surface area contributed by atoms with Crippen molar-refractivity contribution < 1.29 is 9.59 Å². The Morgan fingerprint density at radius 1 is 0.957 bits per heavy atom. The second-order valence-corrected chi connectivity index (χ2v) is 5.53. The highest BCUT2D eigenvalue weighted by Crippen LogP contribution is 2.26. The zero-order chi connectivity index (χ0) is 15.8. The van der Waals surface area contributed by atoms with Crippen molar-refractivity contribution in [2.24, 2.45) is 10.3 Å². The highest BCUT2D eigenvalue weighted by atomic mass is 16.2. The topological polar surface area (TPSA) is 74.1 Å². The first kappa shape index (κ1) is 13.6. The van der Waals surface area contributed by atoms with Gasteiger partial charge in [0.05, 0.1) is 11.1 Å². The molecule has 0 spiro atoms.